The van der Waals surface area contributed by atoms with E-state index in [2.05, 4.69) is 26.1 Å². The van der Waals surface area contributed by atoms with E-state index in [1.807, 2.05) is 19.9 Å². The third-order valence-electron chi connectivity index (χ3n) is 7.60. The van der Waals surface area contributed by atoms with E-state index in [9.17, 15) is 28.3 Å². The predicted molar refractivity (Wildman–Crippen MR) is 165 cm³/mol. The Labute approximate surface area is 267 Å². The molecule has 2 unspecified atom stereocenters. The summed E-state index contributed by atoms with van der Waals surface area (Å²) in [4.78, 5) is 22.7. The van der Waals surface area contributed by atoms with Gasteiger partial charge in [0.2, 0.25) is 5.89 Å². The van der Waals surface area contributed by atoms with Gasteiger partial charge in [-0.1, -0.05) is 44.2 Å². The largest absolute Gasteiger partial charge is 0.573 e. The number of hydrogen-bond acceptors (Lipinski definition) is 9. The Morgan fingerprint density at radius 3 is 2.53 bits per heavy atom. The summed E-state index contributed by atoms with van der Waals surface area (Å²) in [7, 11) is 0. The molecule has 5 aromatic rings. The van der Waals surface area contributed by atoms with Crippen molar-refractivity contribution in [3.05, 3.63) is 95.7 Å². The van der Waals surface area contributed by atoms with Crippen LogP contribution in [-0.4, -0.2) is 46.7 Å². The number of oxazole rings is 1. The van der Waals surface area contributed by atoms with Crippen molar-refractivity contribution in [3.63, 3.8) is 0 Å². The van der Waals surface area contributed by atoms with Gasteiger partial charge < -0.3 is 19.0 Å². The van der Waals surface area contributed by atoms with Gasteiger partial charge in [0.25, 0.3) is 0 Å². The number of nitrogens with one attached hydrogen (secondary N) is 1. The van der Waals surface area contributed by atoms with Crippen molar-refractivity contribution in [2.75, 3.05) is 18.0 Å². The highest BCUT2D eigenvalue weighted by atomic mass is 19.4. The van der Waals surface area contributed by atoms with Crippen LogP contribution in [0.4, 0.5) is 23.8 Å². The van der Waals surface area contributed by atoms with Crippen LogP contribution >= 0.6 is 0 Å². The second-order valence-electron chi connectivity index (χ2n) is 11.2. The van der Waals surface area contributed by atoms with E-state index < -0.39 is 24.8 Å². The fourth-order valence-corrected chi connectivity index (χ4v) is 5.28. The number of halogens is 3. The zero-order chi connectivity index (χ0) is 33.3. The first-order valence-corrected chi connectivity index (χ1v) is 14.6. The molecule has 1 aliphatic rings. The van der Waals surface area contributed by atoms with Crippen molar-refractivity contribution in [1.82, 2.24) is 15.3 Å². The molecule has 13 heteroatoms. The SMILES string of the molecule is CC(C)c1cc(C#N)cc2nc(-c3ccc(C(O)NCC4CN(c5ccc(-c6ccccc6OC(F)(F)F)cn5)C(=O)O4)cc3)oc12. The molecule has 0 saturated carbocycles. The van der Waals surface area contributed by atoms with E-state index in [0.717, 1.165) is 5.56 Å². The molecular formula is C34H28F3N5O5. The maximum absolute atomic E-state index is 12.8. The first-order valence-electron chi connectivity index (χ1n) is 14.6. The molecule has 0 bridgehead atoms. The van der Waals surface area contributed by atoms with E-state index in [-0.39, 0.29) is 36.1 Å². The maximum Gasteiger partial charge on any atom is 0.573 e. The van der Waals surface area contributed by atoms with E-state index in [1.54, 1.807) is 42.5 Å². The van der Waals surface area contributed by atoms with Gasteiger partial charge in [-0.05, 0) is 53.9 Å². The Morgan fingerprint density at radius 2 is 1.85 bits per heavy atom. The smallest absolute Gasteiger partial charge is 0.443 e. The molecule has 240 valence electrons. The average molecular weight is 644 g/mol. The minimum Gasteiger partial charge on any atom is -0.443 e. The number of nitrogens with zero attached hydrogens (tertiary/aromatic N) is 4. The highest BCUT2D eigenvalue weighted by Crippen LogP contribution is 2.35. The molecule has 2 aromatic heterocycles. The Balaban J connectivity index is 1.07. The number of amides is 1. The van der Waals surface area contributed by atoms with E-state index >= 15 is 0 Å². The molecule has 0 aliphatic carbocycles. The summed E-state index contributed by atoms with van der Waals surface area (Å²) in [6.07, 6.45) is -5.81. The van der Waals surface area contributed by atoms with Gasteiger partial charge in [-0.3, -0.25) is 10.2 Å². The fraction of sp³-hybridized carbons (Fsp3) is 0.235. The second-order valence-corrected chi connectivity index (χ2v) is 11.2. The molecule has 47 heavy (non-hydrogen) atoms. The van der Waals surface area contributed by atoms with Crippen molar-refractivity contribution in [3.8, 4) is 34.4 Å². The summed E-state index contributed by atoms with van der Waals surface area (Å²) in [6.45, 7) is 4.31. The number of carbonyl (C=O) groups excluding carboxylic acids is 1. The third-order valence-corrected chi connectivity index (χ3v) is 7.60. The number of aliphatic hydroxyl groups is 1. The maximum atomic E-state index is 12.8. The van der Waals surface area contributed by atoms with Crippen molar-refractivity contribution < 1.29 is 37.0 Å². The molecule has 1 saturated heterocycles. The minimum atomic E-state index is -4.85. The summed E-state index contributed by atoms with van der Waals surface area (Å²) in [5.74, 6) is 0.423. The fourth-order valence-electron chi connectivity index (χ4n) is 5.28. The molecule has 1 fully saturated rings. The average Bonchev–Trinajstić information content (AvgIpc) is 3.66. The van der Waals surface area contributed by atoms with Gasteiger partial charge >= 0.3 is 12.5 Å². The number of hydrogen-bond donors (Lipinski definition) is 2. The minimum absolute atomic E-state index is 0.135. The van der Waals surface area contributed by atoms with Crippen molar-refractivity contribution >= 4 is 23.0 Å². The summed E-state index contributed by atoms with van der Waals surface area (Å²) < 4.78 is 54.1. The third kappa shape index (κ3) is 6.89. The number of benzene rings is 3. The molecule has 2 N–H and O–H groups in total. The molecule has 2 atom stereocenters. The Hall–Kier alpha value is -5.45. The number of cyclic esters (lactones) is 1. The van der Waals surface area contributed by atoms with E-state index in [0.29, 0.717) is 39.2 Å². The Morgan fingerprint density at radius 1 is 1.11 bits per heavy atom. The monoisotopic (exact) mass is 643 g/mol. The van der Waals surface area contributed by atoms with Crippen LogP contribution in [0.1, 0.15) is 42.7 Å². The van der Waals surface area contributed by atoms with Crippen molar-refractivity contribution in [1.29, 1.82) is 5.26 Å². The number of para-hydroxylation sites is 1. The lowest BCUT2D eigenvalue weighted by atomic mass is 10.00. The summed E-state index contributed by atoms with van der Waals surface area (Å²) in [5.41, 5.74) is 4.46. The molecule has 6 rings (SSSR count). The second kappa shape index (κ2) is 12.7. The van der Waals surface area contributed by atoms with Crippen LogP contribution < -0.4 is 15.0 Å². The number of aliphatic hydroxyl groups excluding tert-OH is 1. The lowest BCUT2D eigenvalue weighted by Crippen LogP contribution is -2.33. The quantitative estimate of drug-likeness (QED) is 0.162. The van der Waals surface area contributed by atoms with Crippen molar-refractivity contribution in [2.45, 2.75) is 38.5 Å². The van der Waals surface area contributed by atoms with Crippen molar-refractivity contribution in [2.24, 2.45) is 0 Å². The Bertz CT molecular complexity index is 1950. The number of anilines is 1. The number of carbonyl (C=O) groups is 1. The van der Waals surface area contributed by atoms with Crippen LogP contribution in [0.3, 0.4) is 0 Å². The van der Waals surface area contributed by atoms with Crippen LogP contribution in [0.25, 0.3) is 33.7 Å². The summed E-state index contributed by atoms with van der Waals surface area (Å²) in [6, 6.07) is 21.4. The van der Waals surface area contributed by atoms with E-state index in [1.165, 1.54) is 35.4 Å². The molecule has 10 nitrogen and oxygen atoms in total. The number of ether oxygens (including phenoxy) is 2. The number of nitriles is 1. The lowest BCUT2D eigenvalue weighted by Gasteiger charge is -2.16. The van der Waals surface area contributed by atoms with Gasteiger partial charge in [-0.25, -0.2) is 14.8 Å². The summed E-state index contributed by atoms with van der Waals surface area (Å²) >= 11 is 0. The van der Waals surface area contributed by atoms with Crippen LogP contribution in [0.5, 0.6) is 5.75 Å². The highest BCUT2D eigenvalue weighted by Gasteiger charge is 2.34. The number of aromatic nitrogens is 2. The molecule has 0 radical (unpaired) electrons. The molecule has 1 aliphatic heterocycles. The lowest BCUT2D eigenvalue weighted by molar-refractivity contribution is -0.274. The van der Waals surface area contributed by atoms with Crippen LogP contribution in [0.15, 0.2) is 83.4 Å². The van der Waals surface area contributed by atoms with Gasteiger partial charge in [0.1, 0.15) is 29.4 Å². The topological polar surface area (TPSA) is 134 Å². The normalized spacial score (nSPS) is 15.6. The molecule has 1 amide bonds. The zero-order valence-electron chi connectivity index (χ0n) is 25.2. The predicted octanol–water partition coefficient (Wildman–Crippen LogP) is 7.06. The number of rotatable bonds is 9. The number of pyridine rings is 1. The first kappa shape index (κ1) is 31.5. The Kier molecular flexibility index (Phi) is 8.55. The number of fused-ring (bicyclic) bond motifs is 1. The molecule has 3 aromatic carbocycles. The molecule has 0 spiro atoms. The highest BCUT2D eigenvalue weighted by molar-refractivity contribution is 5.89. The first-order chi connectivity index (χ1) is 22.5. The van der Waals surface area contributed by atoms with Gasteiger partial charge in [-0.15, -0.1) is 13.2 Å². The van der Waals surface area contributed by atoms with Crippen LogP contribution in [-0.2, 0) is 4.74 Å². The number of alkyl halides is 3. The zero-order valence-corrected chi connectivity index (χ0v) is 25.2. The van der Waals surface area contributed by atoms with Gasteiger partial charge in [-0.2, -0.15) is 5.26 Å². The van der Waals surface area contributed by atoms with Gasteiger partial charge in [0.15, 0.2) is 5.58 Å². The molecular weight excluding hydrogens is 615 g/mol. The van der Waals surface area contributed by atoms with Crippen LogP contribution in [0, 0.1) is 11.3 Å². The standard InChI is InChI=1S/C34H28F3N5O5/c1-19(2)26-13-20(15-38)14-27-30(26)46-32(41-27)22-9-7-21(8-10-22)31(43)40-17-24-18-42(33(44)45-24)29-12-11-23(16-39-29)25-5-3-4-6-28(25)47-34(35,36)37/h3-14,16,19,24,31,40,43H,17-18H2,1-2H3. The van der Waals surface area contributed by atoms with Crippen LogP contribution in [0.2, 0.25) is 0 Å². The summed E-state index contributed by atoms with van der Waals surface area (Å²) in [5, 5.41) is 23.1. The van der Waals surface area contributed by atoms with Gasteiger partial charge in [0.05, 0.1) is 18.2 Å². The van der Waals surface area contributed by atoms with E-state index in [4.69, 9.17) is 9.15 Å². The van der Waals surface area contributed by atoms with Gasteiger partial charge in [0, 0.05) is 35.0 Å². The molecule has 3 heterocycles.